The molecule has 0 aromatic rings. The number of rotatable bonds is 3. The van der Waals surface area contributed by atoms with Gasteiger partial charge in [-0.1, -0.05) is 26.7 Å². The number of ether oxygens (including phenoxy) is 1. The van der Waals surface area contributed by atoms with Crippen LogP contribution in [0.5, 0.6) is 0 Å². The summed E-state index contributed by atoms with van der Waals surface area (Å²) in [5.41, 5.74) is 0. The molecule has 2 rings (SSSR count). The third-order valence-electron chi connectivity index (χ3n) is 4.36. The molecule has 94 valence electrons. The molecule has 3 unspecified atom stereocenters. The Morgan fingerprint density at radius 3 is 2.56 bits per heavy atom. The second kappa shape index (κ2) is 6.02. The van der Waals surface area contributed by atoms with E-state index in [0.29, 0.717) is 6.04 Å². The molecule has 16 heavy (non-hydrogen) atoms. The molecule has 2 aliphatic rings. The maximum atomic E-state index is 5.43. The molecular weight excluding hydrogens is 198 g/mol. The van der Waals surface area contributed by atoms with E-state index in [9.17, 15) is 0 Å². The Bertz CT molecular complexity index is 199. The second-order valence-electron chi connectivity index (χ2n) is 5.94. The molecule has 1 saturated carbocycles. The predicted octanol–water partition coefficient (Wildman–Crippen LogP) is 2.97. The minimum absolute atomic E-state index is 0.639. The highest BCUT2D eigenvalue weighted by atomic mass is 16.5. The molecule has 3 atom stereocenters. The molecule has 1 saturated heterocycles. The molecule has 0 aromatic heterocycles. The normalized spacial score (nSPS) is 36.6. The van der Waals surface area contributed by atoms with Crippen LogP contribution in [0.2, 0.25) is 0 Å². The zero-order valence-electron chi connectivity index (χ0n) is 10.9. The SMILES string of the molecule is CC(C)C1CCCC(NC2CCOC2)CC1. The van der Waals surface area contributed by atoms with Crippen molar-refractivity contribution < 1.29 is 4.74 Å². The van der Waals surface area contributed by atoms with E-state index in [0.717, 1.165) is 31.1 Å². The number of hydrogen-bond acceptors (Lipinski definition) is 2. The number of nitrogens with one attached hydrogen (secondary N) is 1. The molecular formula is C14H27NO. The lowest BCUT2D eigenvalue weighted by molar-refractivity contribution is 0.187. The molecule has 1 aliphatic heterocycles. The highest BCUT2D eigenvalue weighted by Gasteiger charge is 2.24. The number of hydrogen-bond donors (Lipinski definition) is 1. The van der Waals surface area contributed by atoms with Crippen molar-refractivity contribution >= 4 is 0 Å². The van der Waals surface area contributed by atoms with Gasteiger partial charge in [0.2, 0.25) is 0 Å². The van der Waals surface area contributed by atoms with Crippen LogP contribution in [0.25, 0.3) is 0 Å². The van der Waals surface area contributed by atoms with Crippen molar-refractivity contribution in [3.8, 4) is 0 Å². The quantitative estimate of drug-likeness (QED) is 0.746. The van der Waals surface area contributed by atoms with E-state index in [-0.39, 0.29) is 0 Å². The van der Waals surface area contributed by atoms with Crippen LogP contribution in [0.3, 0.4) is 0 Å². The van der Waals surface area contributed by atoms with Crippen molar-refractivity contribution in [1.82, 2.24) is 5.32 Å². The van der Waals surface area contributed by atoms with Crippen molar-refractivity contribution in [2.24, 2.45) is 11.8 Å². The van der Waals surface area contributed by atoms with E-state index in [1.807, 2.05) is 0 Å². The van der Waals surface area contributed by atoms with Crippen LogP contribution in [0, 0.1) is 11.8 Å². The Morgan fingerprint density at radius 2 is 1.88 bits per heavy atom. The fourth-order valence-electron chi connectivity index (χ4n) is 3.16. The van der Waals surface area contributed by atoms with Gasteiger partial charge in [-0.2, -0.15) is 0 Å². The molecule has 1 N–H and O–H groups in total. The Balaban J connectivity index is 1.74. The topological polar surface area (TPSA) is 21.3 Å². The summed E-state index contributed by atoms with van der Waals surface area (Å²) in [7, 11) is 0. The van der Waals surface area contributed by atoms with E-state index in [1.165, 1.54) is 38.5 Å². The minimum Gasteiger partial charge on any atom is -0.380 e. The molecule has 0 bridgehead atoms. The van der Waals surface area contributed by atoms with Crippen LogP contribution in [0.15, 0.2) is 0 Å². The maximum absolute atomic E-state index is 5.43. The predicted molar refractivity (Wildman–Crippen MR) is 67.6 cm³/mol. The zero-order valence-corrected chi connectivity index (χ0v) is 10.9. The van der Waals surface area contributed by atoms with Crippen molar-refractivity contribution in [2.45, 2.75) is 64.5 Å². The van der Waals surface area contributed by atoms with Gasteiger partial charge in [-0.25, -0.2) is 0 Å². The average Bonchev–Trinajstić information content (AvgIpc) is 2.63. The largest absolute Gasteiger partial charge is 0.380 e. The third kappa shape index (κ3) is 3.46. The fourth-order valence-corrected chi connectivity index (χ4v) is 3.16. The minimum atomic E-state index is 0.639. The summed E-state index contributed by atoms with van der Waals surface area (Å²) < 4.78 is 5.43. The van der Waals surface area contributed by atoms with Crippen LogP contribution in [0.1, 0.15) is 52.4 Å². The highest BCUT2D eigenvalue weighted by Crippen LogP contribution is 2.29. The summed E-state index contributed by atoms with van der Waals surface area (Å²) in [4.78, 5) is 0. The van der Waals surface area contributed by atoms with E-state index < -0.39 is 0 Å². The van der Waals surface area contributed by atoms with Gasteiger partial charge in [-0.05, 0) is 37.5 Å². The summed E-state index contributed by atoms with van der Waals surface area (Å²) in [5.74, 6) is 1.83. The van der Waals surface area contributed by atoms with Crippen LogP contribution in [-0.4, -0.2) is 25.3 Å². The lowest BCUT2D eigenvalue weighted by Crippen LogP contribution is -2.38. The van der Waals surface area contributed by atoms with E-state index in [4.69, 9.17) is 4.74 Å². The Morgan fingerprint density at radius 1 is 1.00 bits per heavy atom. The molecule has 0 radical (unpaired) electrons. The van der Waals surface area contributed by atoms with Gasteiger partial charge in [-0.15, -0.1) is 0 Å². The van der Waals surface area contributed by atoms with E-state index >= 15 is 0 Å². The van der Waals surface area contributed by atoms with E-state index in [2.05, 4.69) is 19.2 Å². The first-order valence-corrected chi connectivity index (χ1v) is 7.09. The van der Waals surface area contributed by atoms with Crippen LogP contribution < -0.4 is 5.32 Å². The van der Waals surface area contributed by atoms with Crippen LogP contribution >= 0.6 is 0 Å². The zero-order chi connectivity index (χ0) is 11.4. The van der Waals surface area contributed by atoms with Crippen LogP contribution in [0.4, 0.5) is 0 Å². The summed E-state index contributed by atoms with van der Waals surface area (Å²) in [6.45, 7) is 6.65. The fraction of sp³-hybridized carbons (Fsp3) is 1.00. The van der Waals surface area contributed by atoms with Crippen molar-refractivity contribution in [3.63, 3.8) is 0 Å². The highest BCUT2D eigenvalue weighted by molar-refractivity contribution is 4.81. The molecule has 0 spiro atoms. The first-order chi connectivity index (χ1) is 7.75. The smallest absolute Gasteiger partial charge is 0.0620 e. The monoisotopic (exact) mass is 225 g/mol. The molecule has 2 fully saturated rings. The van der Waals surface area contributed by atoms with Gasteiger partial charge >= 0.3 is 0 Å². The van der Waals surface area contributed by atoms with Gasteiger partial charge in [-0.3, -0.25) is 0 Å². The molecule has 1 aliphatic carbocycles. The van der Waals surface area contributed by atoms with E-state index in [1.54, 1.807) is 0 Å². The summed E-state index contributed by atoms with van der Waals surface area (Å²) >= 11 is 0. The van der Waals surface area contributed by atoms with Crippen molar-refractivity contribution in [2.75, 3.05) is 13.2 Å². The average molecular weight is 225 g/mol. The standard InChI is InChI=1S/C14H27NO/c1-11(2)12-4-3-5-13(7-6-12)15-14-8-9-16-10-14/h11-15H,3-10H2,1-2H3. The Hall–Kier alpha value is -0.0800. The maximum Gasteiger partial charge on any atom is 0.0620 e. The molecule has 2 heteroatoms. The third-order valence-corrected chi connectivity index (χ3v) is 4.36. The van der Waals surface area contributed by atoms with Gasteiger partial charge < -0.3 is 10.1 Å². The van der Waals surface area contributed by atoms with Gasteiger partial charge in [0, 0.05) is 18.7 Å². The first kappa shape index (κ1) is 12.4. The molecule has 0 aromatic carbocycles. The summed E-state index contributed by atoms with van der Waals surface area (Å²) in [6.07, 6.45) is 8.23. The van der Waals surface area contributed by atoms with Gasteiger partial charge in [0.05, 0.1) is 6.61 Å². The summed E-state index contributed by atoms with van der Waals surface area (Å²) in [5, 5.41) is 3.79. The lowest BCUT2D eigenvalue weighted by Gasteiger charge is -2.21. The van der Waals surface area contributed by atoms with Crippen molar-refractivity contribution in [3.05, 3.63) is 0 Å². The lowest BCUT2D eigenvalue weighted by atomic mass is 9.89. The molecule has 2 nitrogen and oxygen atoms in total. The molecule has 1 heterocycles. The Kier molecular flexibility index (Phi) is 4.66. The van der Waals surface area contributed by atoms with Gasteiger partial charge in [0.1, 0.15) is 0 Å². The second-order valence-corrected chi connectivity index (χ2v) is 5.94. The van der Waals surface area contributed by atoms with Gasteiger partial charge in [0.25, 0.3) is 0 Å². The molecule has 0 amide bonds. The van der Waals surface area contributed by atoms with Crippen LogP contribution in [-0.2, 0) is 4.74 Å². The first-order valence-electron chi connectivity index (χ1n) is 7.09. The summed E-state index contributed by atoms with van der Waals surface area (Å²) in [6, 6.07) is 1.40. The van der Waals surface area contributed by atoms with Gasteiger partial charge in [0.15, 0.2) is 0 Å². The van der Waals surface area contributed by atoms with Crippen molar-refractivity contribution in [1.29, 1.82) is 0 Å². The Labute approximate surface area is 100 Å².